The van der Waals surface area contributed by atoms with Crippen LogP contribution in [0.25, 0.3) is 0 Å². The summed E-state index contributed by atoms with van der Waals surface area (Å²) in [6.45, 7) is 10.6. The fourth-order valence-electron chi connectivity index (χ4n) is 4.65. The first-order chi connectivity index (χ1) is 12.2. The summed E-state index contributed by atoms with van der Waals surface area (Å²) in [6, 6.07) is 0. The van der Waals surface area contributed by atoms with Gasteiger partial charge in [0.15, 0.2) is 5.82 Å². The summed E-state index contributed by atoms with van der Waals surface area (Å²) in [5, 5.41) is 16.5. The van der Waals surface area contributed by atoms with E-state index in [1.807, 2.05) is 18.9 Å². The van der Waals surface area contributed by atoms with Crippen molar-refractivity contribution in [1.82, 2.24) is 39.8 Å². The lowest BCUT2D eigenvalue weighted by Gasteiger charge is -2.30. The summed E-state index contributed by atoms with van der Waals surface area (Å²) in [5.41, 5.74) is 1.73. The lowest BCUT2D eigenvalue weighted by molar-refractivity contribution is 0.0744. The lowest BCUT2D eigenvalue weighted by atomic mass is 9.71. The molecule has 2 atom stereocenters. The van der Waals surface area contributed by atoms with Crippen molar-refractivity contribution in [3.63, 3.8) is 0 Å². The molecule has 0 aliphatic carbocycles. The van der Waals surface area contributed by atoms with Gasteiger partial charge in [-0.1, -0.05) is 13.8 Å². The minimum absolute atomic E-state index is 0.0529. The standard InChI is InChI=1S/C17H26N8O/c1-12-6-18-22(4)14(12)15(26)25-10-16(2)8-24(9-17(16,3)11-25)7-13-19-21-23(5)20-13/h6H,7-11H2,1-5H3/t16-,17+. The maximum absolute atomic E-state index is 13.1. The topological polar surface area (TPSA) is 85.0 Å². The Hall–Kier alpha value is -2.29. The van der Waals surface area contributed by atoms with Gasteiger partial charge in [0.2, 0.25) is 0 Å². The summed E-state index contributed by atoms with van der Waals surface area (Å²) in [4.78, 5) is 18.9. The third-order valence-corrected chi connectivity index (χ3v) is 6.21. The number of rotatable bonds is 3. The van der Waals surface area contributed by atoms with E-state index in [1.54, 1.807) is 17.9 Å². The van der Waals surface area contributed by atoms with Crippen LogP contribution in [0.2, 0.25) is 0 Å². The van der Waals surface area contributed by atoms with Crippen LogP contribution in [-0.4, -0.2) is 71.9 Å². The molecule has 4 rings (SSSR count). The molecule has 0 unspecified atom stereocenters. The fraction of sp³-hybridized carbons (Fsp3) is 0.706. The Balaban J connectivity index is 1.50. The molecule has 2 aliphatic heterocycles. The third kappa shape index (κ3) is 2.53. The molecule has 2 fully saturated rings. The predicted octanol–water partition coefficient (Wildman–Crippen LogP) is 0.236. The molecule has 2 saturated heterocycles. The van der Waals surface area contributed by atoms with Crippen molar-refractivity contribution in [3.8, 4) is 0 Å². The third-order valence-electron chi connectivity index (χ3n) is 6.21. The molecule has 2 aromatic heterocycles. The van der Waals surface area contributed by atoms with Crippen molar-refractivity contribution in [3.05, 3.63) is 23.3 Å². The van der Waals surface area contributed by atoms with E-state index in [-0.39, 0.29) is 16.7 Å². The molecule has 2 aromatic rings. The first-order valence-corrected chi connectivity index (χ1v) is 8.94. The van der Waals surface area contributed by atoms with Gasteiger partial charge in [-0.3, -0.25) is 14.4 Å². The highest BCUT2D eigenvalue weighted by Crippen LogP contribution is 2.51. The first kappa shape index (κ1) is 17.1. The minimum Gasteiger partial charge on any atom is -0.336 e. The number of fused-ring (bicyclic) bond motifs is 1. The van der Waals surface area contributed by atoms with Crippen LogP contribution in [0.3, 0.4) is 0 Å². The van der Waals surface area contributed by atoms with Gasteiger partial charge in [-0.2, -0.15) is 9.90 Å². The predicted molar refractivity (Wildman–Crippen MR) is 94.1 cm³/mol. The number of hydrogen-bond acceptors (Lipinski definition) is 6. The zero-order chi connectivity index (χ0) is 18.7. The van der Waals surface area contributed by atoms with Crippen LogP contribution in [0.5, 0.6) is 0 Å². The zero-order valence-electron chi connectivity index (χ0n) is 16.1. The van der Waals surface area contributed by atoms with Crippen molar-refractivity contribution in [2.75, 3.05) is 26.2 Å². The normalized spacial score (nSPS) is 28.7. The van der Waals surface area contributed by atoms with Gasteiger partial charge in [-0.15, -0.1) is 10.2 Å². The van der Waals surface area contributed by atoms with E-state index in [1.165, 1.54) is 4.80 Å². The highest BCUT2D eigenvalue weighted by Gasteiger charge is 2.58. The number of aromatic nitrogens is 6. The highest BCUT2D eigenvalue weighted by atomic mass is 16.2. The van der Waals surface area contributed by atoms with Crippen LogP contribution in [0.15, 0.2) is 6.20 Å². The number of amides is 1. The summed E-state index contributed by atoms with van der Waals surface area (Å²) >= 11 is 0. The highest BCUT2D eigenvalue weighted by molar-refractivity contribution is 5.94. The molecule has 0 radical (unpaired) electrons. The molecule has 4 heterocycles. The number of tetrazole rings is 1. The van der Waals surface area contributed by atoms with Gasteiger partial charge in [-0.25, -0.2) is 0 Å². The molecule has 140 valence electrons. The number of likely N-dealkylation sites (tertiary alicyclic amines) is 2. The molecule has 0 bridgehead atoms. The van der Waals surface area contributed by atoms with Crippen LogP contribution in [0, 0.1) is 17.8 Å². The maximum atomic E-state index is 13.1. The average molecular weight is 358 g/mol. The van der Waals surface area contributed by atoms with E-state index in [4.69, 9.17) is 0 Å². The van der Waals surface area contributed by atoms with E-state index in [9.17, 15) is 4.79 Å². The molecule has 1 amide bonds. The van der Waals surface area contributed by atoms with Gasteiger partial charge < -0.3 is 4.90 Å². The van der Waals surface area contributed by atoms with Crippen LogP contribution in [0.1, 0.15) is 35.7 Å². The molecular formula is C17H26N8O. The second kappa shape index (κ2) is 5.60. The minimum atomic E-state index is 0.0529. The van der Waals surface area contributed by atoms with Gasteiger partial charge in [-0.05, 0) is 17.7 Å². The summed E-state index contributed by atoms with van der Waals surface area (Å²) in [7, 11) is 3.61. The van der Waals surface area contributed by atoms with Crippen LogP contribution in [0.4, 0.5) is 0 Å². The molecule has 9 nitrogen and oxygen atoms in total. The van der Waals surface area contributed by atoms with Crippen LogP contribution in [-0.2, 0) is 20.6 Å². The Bertz CT molecular complexity index is 817. The second-order valence-corrected chi connectivity index (χ2v) is 8.42. The Morgan fingerprint density at radius 2 is 1.81 bits per heavy atom. The molecule has 9 heteroatoms. The van der Waals surface area contributed by atoms with E-state index < -0.39 is 0 Å². The van der Waals surface area contributed by atoms with Crippen molar-refractivity contribution < 1.29 is 4.79 Å². The molecule has 0 spiro atoms. The van der Waals surface area contributed by atoms with E-state index in [2.05, 4.69) is 39.3 Å². The average Bonchev–Trinajstić information content (AvgIpc) is 3.22. The largest absolute Gasteiger partial charge is 0.336 e. The van der Waals surface area contributed by atoms with E-state index in [0.29, 0.717) is 12.2 Å². The molecule has 0 N–H and O–H groups in total. The first-order valence-electron chi connectivity index (χ1n) is 8.94. The molecule has 0 aromatic carbocycles. The number of carbonyl (C=O) groups excluding carboxylic acids is 1. The Labute approximate surface area is 152 Å². The summed E-state index contributed by atoms with van der Waals surface area (Å²) < 4.78 is 1.68. The van der Waals surface area contributed by atoms with Crippen molar-refractivity contribution in [2.24, 2.45) is 24.9 Å². The molecule has 0 saturated carbocycles. The van der Waals surface area contributed by atoms with Crippen molar-refractivity contribution in [1.29, 1.82) is 0 Å². The molecule has 26 heavy (non-hydrogen) atoms. The Kier molecular flexibility index (Phi) is 3.69. The smallest absolute Gasteiger partial charge is 0.272 e. The SMILES string of the molecule is Cc1cnn(C)c1C(=O)N1C[C@]2(C)CN(Cc3nnn(C)n3)C[C@]2(C)C1. The van der Waals surface area contributed by atoms with Gasteiger partial charge in [0.1, 0.15) is 5.69 Å². The van der Waals surface area contributed by atoms with Crippen molar-refractivity contribution >= 4 is 5.91 Å². The maximum Gasteiger partial charge on any atom is 0.272 e. The van der Waals surface area contributed by atoms with Crippen LogP contribution >= 0.6 is 0 Å². The van der Waals surface area contributed by atoms with E-state index in [0.717, 1.165) is 37.6 Å². The molecule has 2 aliphatic rings. The Morgan fingerprint density at radius 3 is 2.31 bits per heavy atom. The van der Waals surface area contributed by atoms with Crippen LogP contribution < -0.4 is 0 Å². The summed E-state index contributed by atoms with van der Waals surface area (Å²) in [6.07, 6.45) is 1.75. The zero-order valence-corrected chi connectivity index (χ0v) is 16.1. The number of nitrogens with zero attached hydrogens (tertiary/aromatic N) is 8. The fourth-order valence-corrected chi connectivity index (χ4v) is 4.65. The molecular weight excluding hydrogens is 332 g/mol. The second-order valence-electron chi connectivity index (χ2n) is 8.42. The van der Waals surface area contributed by atoms with Gasteiger partial charge in [0.25, 0.3) is 5.91 Å². The van der Waals surface area contributed by atoms with Gasteiger partial charge >= 0.3 is 0 Å². The van der Waals surface area contributed by atoms with Crippen molar-refractivity contribution in [2.45, 2.75) is 27.3 Å². The lowest BCUT2D eigenvalue weighted by Crippen LogP contribution is -2.36. The number of aryl methyl sites for hydroxylation is 3. The number of carbonyl (C=O) groups is 1. The van der Waals surface area contributed by atoms with Gasteiger partial charge in [0, 0.05) is 44.1 Å². The summed E-state index contributed by atoms with van der Waals surface area (Å²) in [5.74, 6) is 0.833. The Morgan fingerprint density at radius 1 is 1.15 bits per heavy atom. The number of hydrogen-bond donors (Lipinski definition) is 0. The van der Waals surface area contributed by atoms with E-state index >= 15 is 0 Å². The monoisotopic (exact) mass is 358 g/mol. The van der Waals surface area contributed by atoms with Gasteiger partial charge in [0.05, 0.1) is 19.8 Å². The quantitative estimate of drug-likeness (QED) is 0.781.